The Morgan fingerprint density at radius 2 is 1.73 bits per heavy atom. The molecule has 1 heteroatoms. The molecule has 1 saturated carbocycles. The van der Waals surface area contributed by atoms with Gasteiger partial charge in [-0.05, 0) is 44.1 Å². The molecule has 1 N–H and O–H groups in total. The molecule has 1 nitrogen and oxygen atoms in total. The predicted molar refractivity (Wildman–Crippen MR) is 68.0 cm³/mol. The first-order valence-corrected chi connectivity index (χ1v) is 6.84. The molecule has 1 fully saturated rings. The molecule has 1 aliphatic carbocycles. The van der Waals surface area contributed by atoms with Crippen LogP contribution in [0.3, 0.4) is 0 Å². The van der Waals surface area contributed by atoms with Crippen molar-refractivity contribution in [3.63, 3.8) is 0 Å². The third-order valence-corrected chi connectivity index (χ3v) is 4.13. The first-order chi connectivity index (χ1) is 7.17. The van der Waals surface area contributed by atoms with Gasteiger partial charge in [0.2, 0.25) is 0 Å². The van der Waals surface area contributed by atoms with E-state index in [1.54, 1.807) is 0 Å². The van der Waals surface area contributed by atoms with E-state index in [9.17, 15) is 0 Å². The molecule has 1 rings (SSSR count). The number of rotatable bonds is 5. The van der Waals surface area contributed by atoms with Crippen LogP contribution in [0.5, 0.6) is 0 Å². The van der Waals surface area contributed by atoms with E-state index in [0.717, 1.165) is 23.8 Å². The van der Waals surface area contributed by atoms with Crippen LogP contribution in [0.15, 0.2) is 0 Å². The van der Waals surface area contributed by atoms with Crippen LogP contribution in [0.4, 0.5) is 0 Å². The summed E-state index contributed by atoms with van der Waals surface area (Å²) < 4.78 is 0. The fourth-order valence-corrected chi connectivity index (χ4v) is 3.05. The lowest BCUT2D eigenvalue weighted by atomic mass is 9.76. The Morgan fingerprint density at radius 1 is 1.13 bits per heavy atom. The van der Waals surface area contributed by atoms with Gasteiger partial charge in [0.05, 0.1) is 0 Å². The van der Waals surface area contributed by atoms with Crippen LogP contribution in [-0.4, -0.2) is 13.1 Å². The SMILES string of the molecule is CCC1CCC(C(CC(C)C)NC)CC1. The summed E-state index contributed by atoms with van der Waals surface area (Å²) in [5.74, 6) is 2.80. The first kappa shape index (κ1) is 13.0. The highest BCUT2D eigenvalue weighted by molar-refractivity contribution is 4.81. The highest BCUT2D eigenvalue weighted by atomic mass is 14.9. The van der Waals surface area contributed by atoms with Crippen molar-refractivity contribution in [2.45, 2.75) is 65.3 Å². The van der Waals surface area contributed by atoms with E-state index in [1.165, 1.54) is 38.5 Å². The van der Waals surface area contributed by atoms with Crippen molar-refractivity contribution >= 4 is 0 Å². The fourth-order valence-electron chi connectivity index (χ4n) is 3.05. The lowest BCUT2D eigenvalue weighted by Crippen LogP contribution is -2.36. The molecule has 0 aromatic heterocycles. The van der Waals surface area contributed by atoms with Gasteiger partial charge in [-0.2, -0.15) is 0 Å². The van der Waals surface area contributed by atoms with Gasteiger partial charge in [0.25, 0.3) is 0 Å². The molecule has 1 aliphatic rings. The average molecular weight is 211 g/mol. The summed E-state index contributed by atoms with van der Waals surface area (Å²) in [7, 11) is 2.14. The third kappa shape index (κ3) is 4.14. The molecule has 0 amide bonds. The summed E-state index contributed by atoms with van der Waals surface area (Å²) >= 11 is 0. The zero-order valence-corrected chi connectivity index (χ0v) is 11.1. The van der Waals surface area contributed by atoms with Crippen LogP contribution in [-0.2, 0) is 0 Å². The maximum absolute atomic E-state index is 3.54. The molecular weight excluding hydrogens is 182 g/mol. The molecule has 15 heavy (non-hydrogen) atoms. The summed E-state index contributed by atoms with van der Waals surface area (Å²) in [6, 6.07) is 0.766. The van der Waals surface area contributed by atoms with Crippen molar-refractivity contribution in [2.75, 3.05) is 7.05 Å². The molecule has 0 saturated heterocycles. The second-order valence-electron chi connectivity index (χ2n) is 5.71. The van der Waals surface area contributed by atoms with Crippen molar-refractivity contribution in [1.29, 1.82) is 0 Å². The van der Waals surface area contributed by atoms with E-state index < -0.39 is 0 Å². The Hall–Kier alpha value is -0.0400. The Labute approximate surface area is 96.0 Å². The first-order valence-electron chi connectivity index (χ1n) is 6.84. The average Bonchev–Trinajstić information content (AvgIpc) is 2.26. The standard InChI is InChI=1S/C14H29N/c1-5-12-6-8-13(9-7-12)14(15-4)10-11(2)3/h11-15H,5-10H2,1-4H3. The van der Waals surface area contributed by atoms with Crippen LogP contribution in [0.1, 0.15) is 59.3 Å². The van der Waals surface area contributed by atoms with Crippen LogP contribution in [0.2, 0.25) is 0 Å². The minimum Gasteiger partial charge on any atom is -0.317 e. The summed E-state index contributed by atoms with van der Waals surface area (Å²) in [5.41, 5.74) is 0. The van der Waals surface area contributed by atoms with E-state index in [2.05, 4.69) is 33.1 Å². The lowest BCUT2D eigenvalue weighted by Gasteiger charge is -2.34. The third-order valence-electron chi connectivity index (χ3n) is 4.13. The molecule has 0 aliphatic heterocycles. The molecule has 0 heterocycles. The summed E-state index contributed by atoms with van der Waals surface area (Å²) in [4.78, 5) is 0. The van der Waals surface area contributed by atoms with E-state index in [4.69, 9.17) is 0 Å². The van der Waals surface area contributed by atoms with Gasteiger partial charge in [-0.25, -0.2) is 0 Å². The van der Waals surface area contributed by atoms with Gasteiger partial charge in [0.15, 0.2) is 0 Å². The fraction of sp³-hybridized carbons (Fsp3) is 1.00. The summed E-state index contributed by atoms with van der Waals surface area (Å²) in [6.07, 6.45) is 8.58. The van der Waals surface area contributed by atoms with Gasteiger partial charge in [-0.3, -0.25) is 0 Å². The smallest absolute Gasteiger partial charge is 0.00947 e. The lowest BCUT2D eigenvalue weighted by molar-refractivity contribution is 0.207. The van der Waals surface area contributed by atoms with Gasteiger partial charge in [-0.1, -0.05) is 40.0 Å². The Morgan fingerprint density at radius 3 is 2.13 bits per heavy atom. The normalized spacial score (nSPS) is 29.4. The summed E-state index contributed by atoms with van der Waals surface area (Å²) in [6.45, 7) is 7.01. The quantitative estimate of drug-likeness (QED) is 0.728. The predicted octanol–water partition coefficient (Wildman–Crippen LogP) is 3.84. The van der Waals surface area contributed by atoms with Gasteiger partial charge < -0.3 is 5.32 Å². The Kier molecular flexibility index (Phi) is 5.66. The summed E-state index contributed by atoms with van der Waals surface area (Å²) in [5, 5.41) is 3.54. The number of hydrogen-bond acceptors (Lipinski definition) is 1. The number of nitrogens with one attached hydrogen (secondary N) is 1. The molecule has 0 bridgehead atoms. The second-order valence-corrected chi connectivity index (χ2v) is 5.71. The number of hydrogen-bond donors (Lipinski definition) is 1. The molecule has 1 atom stereocenters. The van der Waals surface area contributed by atoms with Crippen LogP contribution in [0, 0.1) is 17.8 Å². The van der Waals surface area contributed by atoms with E-state index >= 15 is 0 Å². The molecule has 1 unspecified atom stereocenters. The van der Waals surface area contributed by atoms with Gasteiger partial charge in [-0.15, -0.1) is 0 Å². The van der Waals surface area contributed by atoms with Gasteiger partial charge in [0, 0.05) is 6.04 Å². The minimum atomic E-state index is 0.766. The monoisotopic (exact) mass is 211 g/mol. The molecular formula is C14H29N. The van der Waals surface area contributed by atoms with Crippen molar-refractivity contribution in [2.24, 2.45) is 17.8 Å². The zero-order chi connectivity index (χ0) is 11.3. The topological polar surface area (TPSA) is 12.0 Å². The molecule has 0 aromatic rings. The molecule has 0 spiro atoms. The largest absolute Gasteiger partial charge is 0.317 e. The van der Waals surface area contributed by atoms with E-state index in [1.807, 2.05) is 0 Å². The van der Waals surface area contributed by atoms with E-state index in [0.29, 0.717) is 0 Å². The second kappa shape index (κ2) is 6.52. The highest BCUT2D eigenvalue weighted by Gasteiger charge is 2.26. The van der Waals surface area contributed by atoms with Crippen molar-refractivity contribution < 1.29 is 0 Å². The van der Waals surface area contributed by atoms with Crippen molar-refractivity contribution in [3.05, 3.63) is 0 Å². The van der Waals surface area contributed by atoms with Crippen LogP contribution in [0.25, 0.3) is 0 Å². The molecule has 90 valence electrons. The van der Waals surface area contributed by atoms with Gasteiger partial charge >= 0.3 is 0 Å². The highest BCUT2D eigenvalue weighted by Crippen LogP contribution is 2.33. The van der Waals surface area contributed by atoms with Crippen LogP contribution < -0.4 is 5.32 Å². The maximum atomic E-state index is 3.54. The molecule has 0 radical (unpaired) electrons. The van der Waals surface area contributed by atoms with Gasteiger partial charge in [0.1, 0.15) is 0 Å². The van der Waals surface area contributed by atoms with Crippen molar-refractivity contribution in [3.8, 4) is 0 Å². The minimum absolute atomic E-state index is 0.766. The maximum Gasteiger partial charge on any atom is 0.00947 e. The van der Waals surface area contributed by atoms with Crippen LogP contribution >= 0.6 is 0 Å². The molecule has 0 aromatic carbocycles. The van der Waals surface area contributed by atoms with Crippen molar-refractivity contribution in [1.82, 2.24) is 5.32 Å². The Bertz CT molecular complexity index is 157. The van der Waals surface area contributed by atoms with E-state index in [-0.39, 0.29) is 0 Å². The zero-order valence-electron chi connectivity index (χ0n) is 11.1. The Balaban J connectivity index is 2.35.